The molecule has 0 radical (unpaired) electrons. The highest BCUT2D eigenvalue weighted by molar-refractivity contribution is 5.84. The Morgan fingerprint density at radius 3 is 1.66 bits per heavy atom. The van der Waals surface area contributed by atoms with E-state index in [2.05, 4.69) is 192 Å². The summed E-state index contributed by atoms with van der Waals surface area (Å²) in [6, 6.07) is 58.9. The van der Waals surface area contributed by atoms with Gasteiger partial charge in [0.25, 0.3) is 0 Å². The summed E-state index contributed by atoms with van der Waals surface area (Å²) in [6.45, 7) is 0. The first-order valence-electron chi connectivity index (χ1n) is 15.3. The van der Waals surface area contributed by atoms with Gasteiger partial charge in [-0.3, -0.25) is 0 Å². The van der Waals surface area contributed by atoms with E-state index in [0.717, 1.165) is 17.1 Å². The molecule has 0 spiro atoms. The topological polar surface area (TPSA) is 6.48 Å². The van der Waals surface area contributed by atoms with Gasteiger partial charge in [0, 0.05) is 34.4 Å². The minimum Gasteiger partial charge on any atom is -0.333 e. The van der Waals surface area contributed by atoms with E-state index in [1.165, 1.54) is 39.2 Å². The van der Waals surface area contributed by atoms with Crippen molar-refractivity contribution in [1.82, 2.24) is 0 Å². The fraction of sp³-hybridized carbons (Fsp3) is 0.0476. The van der Waals surface area contributed by atoms with E-state index in [4.69, 9.17) is 0 Å². The van der Waals surface area contributed by atoms with Crippen molar-refractivity contribution in [3.63, 3.8) is 0 Å². The van der Waals surface area contributed by atoms with Crippen LogP contribution in [0.1, 0.15) is 17.0 Å². The minimum absolute atomic E-state index is 0.269. The van der Waals surface area contributed by atoms with Crippen LogP contribution in [-0.4, -0.2) is 6.04 Å². The van der Waals surface area contributed by atoms with Crippen LogP contribution in [0.25, 0.3) is 16.7 Å². The number of fused-ring (bicyclic) bond motifs is 3. The number of nitrogens with zero attached hydrogens (tertiary/aromatic N) is 2. The molecule has 1 aliphatic heterocycles. The number of benzene rings is 6. The molecule has 2 nitrogen and oxygen atoms in total. The zero-order valence-electron chi connectivity index (χ0n) is 24.4. The van der Waals surface area contributed by atoms with Crippen LogP contribution in [0.5, 0.6) is 0 Å². The van der Waals surface area contributed by atoms with Gasteiger partial charge in [0.2, 0.25) is 0 Å². The lowest BCUT2D eigenvalue weighted by Crippen LogP contribution is -2.28. The van der Waals surface area contributed by atoms with Gasteiger partial charge in [0.1, 0.15) is 0 Å². The molecule has 0 bridgehead atoms. The third-order valence-electron chi connectivity index (χ3n) is 8.79. The van der Waals surface area contributed by atoms with Crippen molar-refractivity contribution in [3.8, 4) is 11.1 Å². The molecular weight excluding hydrogens is 532 g/mol. The van der Waals surface area contributed by atoms with Crippen LogP contribution in [0.15, 0.2) is 182 Å². The molecule has 2 heteroatoms. The Morgan fingerprint density at radius 2 is 0.977 bits per heavy atom. The molecule has 2 aliphatic rings. The molecule has 0 saturated heterocycles. The van der Waals surface area contributed by atoms with Crippen molar-refractivity contribution in [2.24, 2.45) is 0 Å². The van der Waals surface area contributed by atoms with Gasteiger partial charge < -0.3 is 9.80 Å². The van der Waals surface area contributed by atoms with Gasteiger partial charge in [-0.05, 0) is 82.4 Å². The Morgan fingerprint density at radius 1 is 0.455 bits per heavy atom. The summed E-state index contributed by atoms with van der Waals surface area (Å²) in [5.74, 6) is 0.301. The fourth-order valence-corrected chi connectivity index (χ4v) is 6.69. The Labute approximate surface area is 259 Å². The summed E-state index contributed by atoms with van der Waals surface area (Å²) in [7, 11) is 0. The van der Waals surface area contributed by atoms with E-state index in [1.807, 2.05) is 0 Å². The quantitative estimate of drug-likeness (QED) is 0.198. The Kier molecular flexibility index (Phi) is 6.66. The maximum absolute atomic E-state index is 2.48. The third-order valence-corrected chi connectivity index (χ3v) is 8.79. The van der Waals surface area contributed by atoms with Gasteiger partial charge in [-0.15, -0.1) is 0 Å². The zero-order chi connectivity index (χ0) is 29.3. The molecule has 2 unspecified atom stereocenters. The van der Waals surface area contributed by atoms with E-state index in [9.17, 15) is 0 Å². The molecule has 1 heterocycles. The first kappa shape index (κ1) is 26.1. The molecule has 6 aromatic carbocycles. The van der Waals surface area contributed by atoms with Crippen molar-refractivity contribution in [2.45, 2.75) is 12.0 Å². The first-order valence-corrected chi connectivity index (χ1v) is 15.3. The summed E-state index contributed by atoms with van der Waals surface area (Å²) >= 11 is 0. The standard InChI is InChI=1S/C42H32N2/c1-4-12-31(13-5-1)32-20-25-37(26-21-32)43(35-14-6-2-7-15-35)38-27-22-33(23-28-38)34-24-29-42-40(30-34)39-18-10-11-19-41(39)44(42)36-16-8-3-9-17-36/h1-30,40,42H. The largest absolute Gasteiger partial charge is 0.333 e. The summed E-state index contributed by atoms with van der Waals surface area (Å²) in [5, 5.41) is 0. The average molecular weight is 565 g/mol. The van der Waals surface area contributed by atoms with E-state index in [1.54, 1.807) is 0 Å². The summed E-state index contributed by atoms with van der Waals surface area (Å²) in [4.78, 5) is 4.80. The van der Waals surface area contributed by atoms with Crippen LogP contribution in [0, 0.1) is 0 Å². The lowest BCUT2D eigenvalue weighted by molar-refractivity contribution is 0.747. The average Bonchev–Trinajstić information content (AvgIpc) is 3.44. The van der Waals surface area contributed by atoms with Crippen LogP contribution in [0.2, 0.25) is 0 Å². The fourth-order valence-electron chi connectivity index (χ4n) is 6.69. The van der Waals surface area contributed by atoms with E-state index in [-0.39, 0.29) is 6.04 Å². The number of hydrogen-bond acceptors (Lipinski definition) is 2. The SMILES string of the molecule is C1=CC2C(C=C1c1ccc(N(c3ccccc3)c3ccc(-c4ccccc4)cc3)cc1)c1ccccc1N2c1ccccc1. The second kappa shape index (κ2) is 11.2. The zero-order valence-corrected chi connectivity index (χ0v) is 24.4. The van der Waals surface area contributed by atoms with Gasteiger partial charge in [-0.1, -0.05) is 127 Å². The smallest absolute Gasteiger partial charge is 0.0630 e. The molecule has 1 aliphatic carbocycles. The number of rotatable bonds is 6. The molecule has 2 atom stereocenters. The van der Waals surface area contributed by atoms with Gasteiger partial charge in [0.15, 0.2) is 0 Å². The maximum atomic E-state index is 2.48. The maximum Gasteiger partial charge on any atom is 0.0630 e. The highest BCUT2D eigenvalue weighted by atomic mass is 15.2. The number of allylic oxidation sites excluding steroid dienone is 2. The van der Waals surface area contributed by atoms with Crippen LogP contribution in [0.4, 0.5) is 28.4 Å². The lowest BCUT2D eigenvalue weighted by atomic mass is 9.86. The summed E-state index contributed by atoms with van der Waals surface area (Å²) < 4.78 is 0. The molecule has 8 rings (SSSR count). The molecule has 0 aromatic heterocycles. The van der Waals surface area contributed by atoms with Crippen LogP contribution < -0.4 is 9.80 Å². The van der Waals surface area contributed by atoms with E-state index in [0.29, 0.717) is 5.92 Å². The minimum atomic E-state index is 0.269. The molecular formula is C42H32N2. The molecule has 0 saturated carbocycles. The molecule has 44 heavy (non-hydrogen) atoms. The molecule has 6 aromatic rings. The molecule has 0 fully saturated rings. The summed E-state index contributed by atoms with van der Waals surface area (Å²) in [5.41, 5.74) is 12.2. The predicted octanol–water partition coefficient (Wildman–Crippen LogP) is 11.1. The number of hydrogen-bond donors (Lipinski definition) is 0. The Balaban J connectivity index is 1.11. The van der Waals surface area contributed by atoms with Crippen molar-refractivity contribution < 1.29 is 0 Å². The van der Waals surface area contributed by atoms with Gasteiger partial charge in [-0.25, -0.2) is 0 Å². The van der Waals surface area contributed by atoms with Crippen molar-refractivity contribution in [1.29, 1.82) is 0 Å². The van der Waals surface area contributed by atoms with Crippen LogP contribution in [0.3, 0.4) is 0 Å². The lowest BCUT2D eigenvalue weighted by Gasteiger charge is -2.30. The normalized spacial score (nSPS) is 16.6. The van der Waals surface area contributed by atoms with Crippen LogP contribution >= 0.6 is 0 Å². The van der Waals surface area contributed by atoms with Crippen molar-refractivity contribution in [2.75, 3.05) is 9.80 Å². The van der Waals surface area contributed by atoms with Gasteiger partial charge in [0.05, 0.1) is 6.04 Å². The number of para-hydroxylation sites is 3. The predicted molar refractivity (Wildman–Crippen MR) is 185 cm³/mol. The molecule has 210 valence electrons. The first-order chi connectivity index (χ1) is 21.8. The third kappa shape index (κ3) is 4.71. The van der Waals surface area contributed by atoms with Gasteiger partial charge >= 0.3 is 0 Å². The second-order valence-electron chi connectivity index (χ2n) is 11.4. The molecule has 0 N–H and O–H groups in total. The highest BCUT2D eigenvalue weighted by Crippen LogP contribution is 2.49. The highest BCUT2D eigenvalue weighted by Gasteiger charge is 2.38. The van der Waals surface area contributed by atoms with Crippen LogP contribution in [-0.2, 0) is 0 Å². The molecule has 0 amide bonds. The summed E-state index contributed by atoms with van der Waals surface area (Å²) in [6.07, 6.45) is 7.14. The van der Waals surface area contributed by atoms with E-state index < -0.39 is 0 Å². The number of anilines is 5. The van der Waals surface area contributed by atoms with Crippen molar-refractivity contribution >= 4 is 34.0 Å². The Bertz CT molecular complexity index is 1940. The van der Waals surface area contributed by atoms with Crippen molar-refractivity contribution in [3.05, 3.63) is 193 Å². The van der Waals surface area contributed by atoms with E-state index >= 15 is 0 Å². The van der Waals surface area contributed by atoms with Gasteiger partial charge in [-0.2, -0.15) is 0 Å². The Hall–Kier alpha value is -5.60. The monoisotopic (exact) mass is 564 g/mol. The second-order valence-corrected chi connectivity index (χ2v) is 11.4.